The first-order valence-electron chi connectivity index (χ1n) is 7.92. The zero-order valence-electron chi connectivity index (χ0n) is 11.9. The van der Waals surface area contributed by atoms with Crippen LogP contribution in [0, 0.1) is 5.92 Å². The molecule has 0 aromatic heterocycles. The van der Waals surface area contributed by atoms with E-state index >= 15 is 0 Å². The molecule has 2 heterocycles. The van der Waals surface area contributed by atoms with E-state index in [4.69, 9.17) is 0 Å². The highest BCUT2D eigenvalue weighted by atomic mass is 15.2. The Balaban J connectivity index is 1.49. The summed E-state index contributed by atoms with van der Waals surface area (Å²) >= 11 is 0. The lowest BCUT2D eigenvalue weighted by Crippen LogP contribution is -2.50. The highest BCUT2D eigenvalue weighted by molar-refractivity contribution is 5.14. The minimum Gasteiger partial charge on any atom is -0.312 e. The Labute approximate surface area is 117 Å². The number of rotatable bonds is 4. The van der Waals surface area contributed by atoms with Crippen LogP contribution in [-0.2, 0) is 6.54 Å². The van der Waals surface area contributed by atoms with Gasteiger partial charge in [-0.05, 0) is 56.8 Å². The molecule has 2 saturated heterocycles. The van der Waals surface area contributed by atoms with Gasteiger partial charge in [0.15, 0.2) is 0 Å². The minimum atomic E-state index is 0.866. The fourth-order valence-electron chi connectivity index (χ4n) is 3.81. The average Bonchev–Trinajstić information content (AvgIpc) is 2.49. The molecule has 1 N–H and O–H groups in total. The number of piperidine rings is 2. The number of nitrogens with one attached hydrogen (secondary N) is 1. The second-order valence-corrected chi connectivity index (χ2v) is 6.12. The van der Waals surface area contributed by atoms with Crippen molar-refractivity contribution in [3.05, 3.63) is 35.9 Å². The van der Waals surface area contributed by atoms with Crippen molar-refractivity contribution < 1.29 is 0 Å². The number of hydrogen-bond acceptors (Lipinski definition) is 2. The molecule has 2 fully saturated rings. The standard InChI is InChI=1S/C17H26N2/c1-2-7-15(8-3-1)13-18-14-16-9-6-12-19-11-5-4-10-17(16)19/h1-3,7-8,16-18H,4-6,9-14H2/t16-,17+/m0/s1. The Morgan fingerprint density at radius 2 is 1.84 bits per heavy atom. The Morgan fingerprint density at radius 3 is 2.74 bits per heavy atom. The highest BCUT2D eigenvalue weighted by Crippen LogP contribution is 2.30. The smallest absolute Gasteiger partial charge is 0.0205 e. The number of benzene rings is 1. The fraction of sp³-hybridized carbons (Fsp3) is 0.647. The van der Waals surface area contributed by atoms with E-state index < -0.39 is 0 Å². The van der Waals surface area contributed by atoms with E-state index in [0.717, 1.165) is 18.5 Å². The molecule has 0 amide bonds. The lowest BCUT2D eigenvalue weighted by atomic mass is 9.83. The van der Waals surface area contributed by atoms with E-state index in [1.54, 1.807) is 0 Å². The zero-order valence-corrected chi connectivity index (χ0v) is 11.9. The molecule has 2 aliphatic heterocycles. The summed E-state index contributed by atoms with van der Waals surface area (Å²) in [5.41, 5.74) is 1.40. The zero-order chi connectivity index (χ0) is 12.9. The molecule has 1 aromatic rings. The van der Waals surface area contributed by atoms with Crippen molar-refractivity contribution in [1.82, 2.24) is 10.2 Å². The van der Waals surface area contributed by atoms with E-state index in [-0.39, 0.29) is 0 Å². The van der Waals surface area contributed by atoms with Crippen LogP contribution < -0.4 is 5.32 Å². The summed E-state index contributed by atoms with van der Waals surface area (Å²) in [6, 6.07) is 11.6. The van der Waals surface area contributed by atoms with Crippen LogP contribution in [0.2, 0.25) is 0 Å². The molecule has 0 radical (unpaired) electrons. The van der Waals surface area contributed by atoms with Gasteiger partial charge in [-0.25, -0.2) is 0 Å². The number of hydrogen-bond donors (Lipinski definition) is 1. The Morgan fingerprint density at radius 1 is 1.00 bits per heavy atom. The molecule has 0 aliphatic carbocycles. The van der Waals surface area contributed by atoms with E-state index in [9.17, 15) is 0 Å². The van der Waals surface area contributed by atoms with Crippen molar-refractivity contribution in [2.24, 2.45) is 5.92 Å². The average molecular weight is 258 g/mol. The summed E-state index contributed by atoms with van der Waals surface area (Å²) in [5.74, 6) is 0.873. The molecule has 0 saturated carbocycles. The van der Waals surface area contributed by atoms with Gasteiger partial charge in [0.05, 0.1) is 0 Å². The third-order valence-electron chi connectivity index (χ3n) is 4.81. The van der Waals surface area contributed by atoms with Crippen molar-refractivity contribution in [2.75, 3.05) is 19.6 Å². The van der Waals surface area contributed by atoms with E-state index in [0.29, 0.717) is 0 Å². The van der Waals surface area contributed by atoms with Crippen LogP contribution in [0.4, 0.5) is 0 Å². The fourth-order valence-corrected chi connectivity index (χ4v) is 3.81. The maximum Gasteiger partial charge on any atom is 0.0205 e. The van der Waals surface area contributed by atoms with Crippen molar-refractivity contribution in [2.45, 2.75) is 44.7 Å². The summed E-state index contributed by atoms with van der Waals surface area (Å²) in [6.45, 7) is 4.90. The van der Waals surface area contributed by atoms with Gasteiger partial charge in [0, 0.05) is 12.6 Å². The summed E-state index contributed by atoms with van der Waals surface area (Å²) in [4.78, 5) is 2.75. The molecule has 19 heavy (non-hydrogen) atoms. The quantitative estimate of drug-likeness (QED) is 0.893. The molecular formula is C17H26N2. The minimum absolute atomic E-state index is 0.866. The van der Waals surface area contributed by atoms with Crippen molar-refractivity contribution in [1.29, 1.82) is 0 Å². The number of fused-ring (bicyclic) bond motifs is 1. The molecule has 2 atom stereocenters. The first-order chi connectivity index (χ1) is 9.43. The van der Waals surface area contributed by atoms with Crippen molar-refractivity contribution in [3.8, 4) is 0 Å². The van der Waals surface area contributed by atoms with Gasteiger partial charge < -0.3 is 10.2 Å². The van der Waals surface area contributed by atoms with Crippen LogP contribution >= 0.6 is 0 Å². The van der Waals surface area contributed by atoms with E-state index in [1.807, 2.05) is 0 Å². The van der Waals surface area contributed by atoms with Gasteiger partial charge in [-0.1, -0.05) is 36.8 Å². The summed E-state index contributed by atoms with van der Waals surface area (Å²) in [6.07, 6.45) is 7.10. The number of nitrogens with zero attached hydrogens (tertiary/aromatic N) is 1. The Bertz CT molecular complexity index is 374. The maximum absolute atomic E-state index is 3.68. The van der Waals surface area contributed by atoms with Gasteiger partial charge in [-0.3, -0.25) is 0 Å². The van der Waals surface area contributed by atoms with E-state index in [2.05, 4.69) is 40.5 Å². The van der Waals surface area contributed by atoms with Crippen molar-refractivity contribution >= 4 is 0 Å². The van der Waals surface area contributed by atoms with Crippen LogP contribution in [0.3, 0.4) is 0 Å². The van der Waals surface area contributed by atoms with Crippen LogP contribution in [0.25, 0.3) is 0 Å². The normalized spacial score (nSPS) is 28.0. The second-order valence-electron chi connectivity index (χ2n) is 6.12. The molecule has 2 nitrogen and oxygen atoms in total. The molecule has 2 aliphatic rings. The maximum atomic E-state index is 3.68. The third-order valence-corrected chi connectivity index (χ3v) is 4.81. The summed E-state index contributed by atoms with van der Waals surface area (Å²) in [5, 5.41) is 3.68. The van der Waals surface area contributed by atoms with Crippen LogP contribution in [0.1, 0.15) is 37.7 Å². The van der Waals surface area contributed by atoms with E-state index in [1.165, 1.54) is 57.3 Å². The molecule has 1 aromatic carbocycles. The monoisotopic (exact) mass is 258 g/mol. The molecule has 0 unspecified atom stereocenters. The predicted molar refractivity (Wildman–Crippen MR) is 80.1 cm³/mol. The molecule has 2 heteroatoms. The van der Waals surface area contributed by atoms with Crippen molar-refractivity contribution in [3.63, 3.8) is 0 Å². The predicted octanol–water partition coefficient (Wildman–Crippen LogP) is 3.04. The second kappa shape index (κ2) is 6.53. The van der Waals surface area contributed by atoms with Gasteiger partial charge in [0.2, 0.25) is 0 Å². The molecule has 104 valence electrons. The Hall–Kier alpha value is -0.860. The largest absolute Gasteiger partial charge is 0.312 e. The van der Waals surface area contributed by atoms with Crippen LogP contribution in [0.15, 0.2) is 30.3 Å². The first kappa shape index (κ1) is 13.1. The Kier molecular flexibility index (Phi) is 4.52. The van der Waals surface area contributed by atoms with Crippen LogP contribution in [-0.4, -0.2) is 30.6 Å². The topological polar surface area (TPSA) is 15.3 Å². The first-order valence-corrected chi connectivity index (χ1v) is 7.92. The lowest BCUT2D eigenvalue weighted by Gasteiger charge is -2.44. The van der Waals surface area contributed by atoms with Gasteiger partial charge in [-0.2, -0.15) is 0 Å². The van der Waals surface area contributed by atoms with Gasteiger partial charge in [-0.15, -0.1) is 0 Å². The molecule has 3 rings (SSSR count). The van der Waals surface area contributed by atoms with Gasteiger partial charge in [0.1, 0.15) is 0 Å². The highest BCUT2D eigenvalue weighted by Gasteiger charge is 2.32. The lowest BCUT2D eigenvalue weighted by molar-refractivity contribution is 0.0593. The third kappa shape index (κ3) is 3.37. The molecule has 0 spiro atoms. The molecule has 0 bridgehead atoms. The molecular weight excluding hydrogens is 232 g/mol. The SMILES string of the molecule is c1ccc(CNC[C@@H]2CCCN3CCCC[C@H]23)cc1. The summed E-state index contributed by atoms with van der Waals surface area (Å²) < 4.78 is 0. The van der Waals surface area contributed by atoms with Crippen LogP contribution in [0.5, 0.6) is 0 Å². The summed E-state index contributed by atoms with van der Waals surface area (Å²) in [7, 11) is 0. The van der Waals surface area contributed by atoms with Gasteiger partial charge in [0.25, 0.3) is 0 Å². The van der Waals surface area contributed by atoms with Gasteiger partial charge >= 0.3 is 0 Å².